The predicted molar refractivity (Wildman–Crippen MR) is 51.2 cm³/mol. The van der Waals surface area contributed by atoms with Gasteiger partial charge >= 0.3 is 0 Å². The number of rotatable bonds is 2. The van der Waals surface area contributed by atoms with Gasteiger partial charge in [0.25, 0.3) is 0 Å². The van der Waals surface area contributed by atoms with E-state index in [9.17, 15) is 13.2 Å². The van der Waals surface area contributed by atoms with Gasteiger partial charge in [0.05, 0.1) is 0 Å². The van der Waals surface area contributed by atoms with Crippen LogP contribution >= 0.6 is 11.6 Å². The molecule has 82 valence electrons. The minimum absolute atomic E-state index is 0.0469. The van der Waals surface area contributed by atoms with E-state index >= 15 is 0 Å². The molecule has 0 aliphatic heterocycles. The van der Waals surface area contributed by atoms with Crippen molar-refractivity contribution in [1.29, 1.82) is 0 Å². The van der Waals surface area contributed by atoms with Gasteiger partial charge in [0, 0.05) is 5.54 Å². The SMILES string of the molecule is NC1(Cc2cc(F)c(Cl)c(F)c2F)CC1. The molecule has 0 spiro atoms. The number of halogens is 4. The van der Waals surface area contributed by atoms with E-state index in [1.165, 1.54) is 0 Å². The summed E-state index contributed by atoms with van der Waals surface area (Å²) in [6.07, 6.45) is 1.64. The van der Waals surface area contributed by atoms with Gasteiger partial charge in [0.2, 0.25) is 0 Å². The van der Waals surface area contributed by atoms with Crippen LogP contribution in [-0.2, 0) is 6.42 Å². The zero-order chi connectivity index (χ0) is 11.2. The fraction of sp³-hybridized carbons (Fsp3) is 0.400. The van der Waals surface area contributed by atoms with Crippen LogP contribution in [0.4, 0.5) is 13.2 Å². The van der Waals surface area contributed by atoms with Crippen molar-refractivity contribution in [2.45, 2.75) is 24.8 Å². The average Bonchev–Trinajstić information content (AvgIpc) is 2.89. The van der Waals surface area contributed by atoms with Crippen molar-refractivity contribution >= 4 is 11.6 Å². The summed E-state index contributed by atoms with van der Waals surface area (Å²) in [6.45, 7) is 0. The highest BCUT2D eigenvalue weighted by atomic mass is 35.5. The topological polar surface area (TPSA) is 26.0 Å². The van der Waals surface area contributed by atoms with E-state index in [-0.39, 0.29) is 12.0 Å². The van der Waals surface area contributed by atoms with Gasteiger partial charge in [-0.1, -0.05) is 11.6 Å². The van der Waals surface area contributed by atoms with Crippen molar-refractivity contribution in [2.75, 3.05) is 0 Å². The van der Waals surface area contributed by atoms with Gasteiger partial charge in [0.15, 0.2) is 11.6 Å². The Labute approximate surface area is 90.0 Å². The van der Waals surface area contributed by atoms with Gasteiger partial charge in [-0.15, -0.1) is 0 Å². The number of nitrogens with two attached hydrogens (primary N) is 1. The van der Waals surface area contributed by atoms with E-state index in [4.69, 9.17) is 17.3 Å². The number of hydrogen-bond donors (Lipinski definition) is 1. The highest BCUT2D eigenvalue weighted by molar-refractivity contribution is 6.30. The molecule has 2 rings (SSSR count). The first-order valence-electron chi connectivity index (χ1n) is 4.54. The number of hydrogen-bond acceptors (Lipinski definition) is 1. The van der Waals surface area contributed by atoms with Crippen molar-refractivity contribution in [3.05, 3.63) is 34.1 Å². The maximum atomic E-state index is 13.3. The Morgan fingerprint density at radius 3 is 2.40 bits per heavy atom. The Morgan fingerprint density at radius 1 is 1.27 bits per heavy atom. The Morgan fingerprint density at radius 2 is 1.87 bits per heavy atom. The molecule has 1 fully saturated rings. The summed E-state index contributed by atoms with van der Waals surface area (Å²) < 4.78 is 39.4. The fourth-order valence-corrected chi connectivity index (χ4v) is 1.60. The molecule has 0 atom stereocenters. The molecule has 0 amide bonds. The standard InChI is InChI=1S/C10H9ClF3N/c11-7-6(12)3-5(8(13)9(7)14)4-10(15)1-2-10/h3H,1-2,4,15H2. The second-order valence-electron chi connectivity index (χ2n) is 4.00. The maximum absolute atomic E-state index is 13.3. The molecule has 0 unspecified atom stereocenters. The highest BCUT2D eigenvalue weighted by Gasteiger charge is 2.39. The third kappa shape index (κ3) is 1.96. The largest absolute Gasteiger partial charge is 0.325 e. The summed E-state index contributed by atoms with van der Waals surface area (Å²) in [4.78, 5) is 0. The minimum atomic E-state index is -1.34. The molecule has 0 aromatic heterocycles. The van der Waals surface area contributed by atoms with Crippen molar-refractivity contribution < 1.29 is 13.2 Å². The van der Waals surface area contributed by atoms with Gasteiger partial charge in [0.1, 0.15) is 10.8 Å². The maximum Gasteiger partial charge on any atom is 0.180 e. The Hall–Kier alpha value is -0.740. The van der Waals surface area contributed by atoms with Crippen LogP contribution in [0.25, 0.3) is 0 Å². The second-order valence-corrected chi connectivity index (χ2v) is 4.38. The predicted octanol–water partition coefficient (Wildman–Crippen LogP) is 2.79. The summed E-state index contributed by atoms with van der Waals surface area (Å²) in [5, 5.41) is -0.807. The van der Waals surface area contributed by atoms with E-state index in [0.29, 0.717) is 0 Å². The van der Waals surface area contributed by atoms with E-state index in [1.54, 1.807) is 0 Å². The Kier molecular flexibility index (Phi) is 2.43. The minimum Gasteiger partial charge on any atom is -0.325 e. The van der Waals surface area contributed by atoms with Crippen molar-refractivity contribution in [2.24, 2.45) is 5.73 Å². The van der Waals surface area contributed by atoms with Crippen LogP contribution in [0.2, 0.25) is 5.02 Å². The summed E-state index contributed by atoms with van der Waals surface area (Å²) in [6, 6.07) is 0.910. The quantitative estimate of drug-likeness (QED) is 0.619. The molecule has 0 radical (unpaired) electrons. The lowest BCUT2D eigenvalue weighted by Gasteiger charge is -2.10. The summed E-state index contributed by atoms with van der Waals surface area (Å²) in [5.74, 6) is -3.39. The van der Waals surface area contributed by atoms with Crippen molar-refractivity contribution in [1.82, 2.24) is 0 Å². The van der Waals surface area contributed by atoms with Crippen molar-refractivity contribution in [3.63, 3.8) is 0 Å². The van der Waals surface area contributed by atoms with Gasteiger partial charge in [-0.25, -0.2) is 13.2 Å². The van der Waals surface area contributed by atoms with Crippen LogP contribution in [0, 0.1) is 17.5 Å². The van der Waals surface area contributed by atoms with Crippen LogP contribution in [0.5, 0.6) is 0 Å². The van der Waals surface area contributed by atoms with Crippen LogP contribution in [0.15, 0.2) is 6.07 Å². The van der Waals surface area contributed by atoms with Crippen LogP contribution < -0.4 is 5.73 Å². The van der Waals surface area contributed by atoms with Gasteiger partial charge in [-0.2, -0.15) is 0 Å². The molecule has 2 N–H and O–H groups in total. The zero-order valence-corrected chi connectivity index (χ0v) is 8.54. The van der Waals surface area contributed by atoms with E-state index in [1.807, 2.05) is 0 Å². The molecular weight excluding hydrogens is 227 g/mol. The van der Waals surface area contributed by atoms with Gasteiger partial charge < -0.3 is 5.73 Å². The van der Waals surface area contributed by atoms with E-state index in [0.717, 1.165) is 18.9 Å². The molecule has 0 saturated heterocycles. The first-order valence-corrected chi connectivity index (χ1v) is 4.91. The Balaban J connectivity index is 2.39. The molecule has 1 saturated carbocycles. The third-order valence-electron chi connectivity index (χ3n) is 2.61. The molecule has 1 aromatic carbocycles. The highest BCUT2D eigenvalue weighted by Crippen LogP contribution is 2.37. The van der Waals surface area contributed by atoms with E-state index < -0.39 is 28.0 Å². The second kappa shape index (κ2) is 3.39. The normalized spacial score (nSPS) is 17.9. The lowest BCUT2D eigenvalue weighted by molar-refractivity contribution is 0.478. The first-order chi connectivity index (χ1) is 6.93. The van der Waals surface area contributed by atoms with E-state index in [2.05, 4.69) is 0 Å². The summed E-state index contributed by atoms with van der Waals surface area (Å²) >= 11 is 5.22. The van der Waals surface area contributed by atoms with Crippen LogP contribution in [0.1, 0.15) is 18.4 Å². The smallest absolute Gasteiger partial charge is 0.180 e. The lowest BCUT2D eigenvalue weighted by atomic mass is 10.0. The number of benzene rings is 1. The molecule has 1 aliphatic carbocycles. The molecule has 15 heavy (non-hydrogen) atoms. The molecule has 1 aliphatic rings. The monoisotopic (exact) mass is 235 g/mol. The van der Waals surface area contributed by atoms with Crippen LogP contribution in [-0.4, -0.2) is 5.54 Å². The lowest BCUT2D eigenvalue weighted by Crippen LogP contribution is -2.25. The third-order valence-corrected chi connectivity index (χ3v) is 2.96. The molecule has 5 heteroatoms. The Bertz CT molecular complexity index is 416. The molecule has 1 nitrogen and oxygen atoms in total. The molecule has 1 aromatic rings. The first kappa shape index (κ1) is 10.8. The van der Waals surface area contributed by atoms with Crippen LogP contribution in [0.3, 0.4) is 0 Å². The summed E-state index contributed by atoms with van der Waals surface area (Å²) in [5.41, 5.74) is 5.20. The van der Waals surface area contributed by atoms with Crippen molar-refractivity contribution in [3.8, 4) is 0 Å². The summed E-state index contributed by atoms with van der Waals surface area (Å²) in [7, 11) is 0. The fourth-order valence-electron chi connectivity index (χ4n) is 1.47. The molecular formula is C10H9ClF3N. The van der Waals surface area contributed by atoms with Gasteiger partial charge in [-0.05, 0) is 30.9 Å². The zero-order valence-electron chi connectivity index (χ0n) is 7.79. The average molecular weight is 236 g/mol. The van der Waals surface area contributed by atoms with Gasteiger partial charge in [-0.3, -0.25) is 0 Å². The molecule has 0 heterocycles. The molecule has 0 bridgehead atoms.